The van der Waals surface area contributed by atoms with Gasteiger partial charge in [0.1, 0.15) is 0 Å². The standard InChI is InChI=1S/C17H18FN3O2/c1-12(22)21-8-4-5-13(11-21)15-9-19-10-17(20-15)23-16-7-3-2-6-14(16)18/h2-3,6-7,9-10,13H,4-5,8,11H2,1H3/t13-/m0/s1. The largest absolute Gasteiger partial charge is 0.434 e. The van der Waals surface area contributed by atoms with Gasteiger partial charge in [0.25, 0.3) is 0 Å². The maximum absolute atomic E-state index is 13.7. The molecule has 0 N–H and O–H groups in total. The predicted octanol–water partition coefficient (Wildman–Crippen LogP) is 3.13. The fourth-order valence-electron chi connectivity index (χ4n) is 2.75. The predicted molar refractivity (Wildman–Crippen MR) is 82.7 cm³/mol. The normalized spacial score (nSPS) is 17.8. The quantitative estimate of drug-likeness (QED) is 0.873. The van der Waals surface area contributed by atoms with E-state index >= 15 is 0 Å². The number of likely N-dealkylation sites (tertiary alicyclic amines) is 1. The highest BCUT2D eigenvalue weighted by atomic mass is 19.1. The molecule has 1 fully saturated rings. The molecule has 1 saturated heterocycles. The first-order chi connectivity index (χ1) is 11.1. The van der Waals surface area contributed by atoms with Crippen molar-refractivity contribution in [3.8, 4) is 11.6 Å². The first-order valence-electron chi connectivity index (χ1n) is 7.63. The summed E-state index contributed by atoms with van der Waals surface area (Å²) in [6.45, 7) is 2.99. The Balaban J connectivity index is 1.77. The summed E-state index contributed by atoms with van der Waals surface area (Å²) in [5, 5.41) is 0. The van der Waals surface area contributed by atoms with Crippen LogP contribution in [0, 0.1) is 5.82 Å². The molecule has 5 nitrogen and oxygen atoms in total. The van der Waals surface area contributed by atoms with Crippen molar-refractivity contribution in [3.05, 3.63) is 48.2 Å². The highest BCUT2D eigenvalue weighted by Crippen LogP contribution is 2.28. The molecule has 6 heteroatoms. The Bertz CT molecular complexity index is 708. The van der Waals surface area contributed by atoms with Gasteiger partial charge in [-0.25, -0.2) is 9.37 Å². The Labute approximate surface area is 134 Å². The van der Waals surface area contributed by atoms with Crippen LogP contribution in [0.1, 0.15) is 31.4 Å². The zero-order chi connectivity index (χ0) is 16.2. The van der Waals surface area contributed by atoms with Crippen LogP contribution in [0.5, 0.6) is 11.6 Å². The van der Waals surface area contributed by atoms with Crippen LogP contribution < -0.4 is 4.74 Å². The smallest absolute Gasteiger partial charge is 0.238 e. The lowest BCUT2D eigenvalue weighted by atomic mass is 9.95. The van der Waals surface area contributed by atoms with Crippen LogP contribution in [-0.4, -0.2) is 33.9 Å². The topological polar surface area (TPSA) is 55.3 Å². The zero-order valence-electron chi connectivity index (χ0n) is 12.9. The molecule has 120 valence electrons. The summed E-state index contributed by atoms with van der Waals surface area (Å²) < 4.78 is 19.1. The molecule has 1 aromatic heterocycles. The van der Waals surface area contributed by atoms with Gasteiger partial charge in [-0.3, -0.25) is 9.78 Å². The second-order valence-corrected chi connectivity index (χ2v) is 5.62. The van der Waals surface area contributed by atoms with Gasteiger partial charge in [0, 0.05) is 32.1 Å². The number of aromatic nitrogens is 2. The van der Waals surface area contributed by atoms with E-state index in [9.17, 15) is 9.18 Å². The van der Waals surface area contributed by atoms with E-state index in [1.54, 1.807) is 31.3 Å². The zero-order valence-corrected chi connectivity index (χ0v) is 12.9. The molecule has 1 amide bonds. The van der Waals surface area contributed by atoms with E-state index in [0.717, 1.165) is 25.1 Å². The first kappa shape index (κ1) is 15.4. The molecule has 1 aliphatic heterocycles. The average molecular weight is 315 g/mol. The van der Waals surface area contributed by atoms with Crippen LogP contribution in [0.3, 0.4) is 0 Å². The lowest BCUT2D eigenvalue weighted by Gasteiger charge is -2.31. The molecule has 1 atom stereocenters. The minimum absolute atomic E-state index is 0.0708. The number of benzene rings is 1. The average Bonchev–Trinajstić information content (AvgIpc) is 2.57. The highest BCUT2D eigenvalue weighted by molar-refractivity contribution is 5.73. The molecule has 23 heavy (non-hydrogen) atoms. The van der Waals surface area contributed by atoms with E-state index in [-0.39, 0.29) is 23.5 Å². The Kier molecular flexibility index (Phi) is 4.50. The molecule has 3 rings (SSSR count). The number of carbonyl (C=O) groups is 1. The van der Waals surface area contributed by atoms with E-state index in [4.69, 9.17) is 4.74 Å². The van der Waals surface area contributed by atoms with Gasteiger partial charge in [-0.05, 0) is 25.0 Å². The lowest BCUT2D eigenvalue weighted by molar-refractivity contribution is -0.130. The number of nitrogens with zero attached hydrogens (tertiary/aromatic N) is 3. The van der Waals surface area contributed by atoms with Crippen molar-refractivity contribution in [3.63, 3.8) is 0 Å². The molecule has 0 radical (unpaired) electrons. The minimum atomic E-state index is -0.444. The van der Waals surface area contributed by atoms with Crippen molar-refractivity contribution in [2.45, 2.75) is 25.7 Å². The molecule has 1 aromatic carbocycles. The summed E-state index contributed by atoms with van der Waals surface area (Å²) in [5.74, 6) is 0.131. The number of carbonyl (C=O) groups excluding carboxylic acids is 1. The summed E-state index contributed by atoms with van der Waals surface area (Å²) in [6, 6.07) is 6.17. The van der Waals surface area contributed by atoms with Gasteiger partial charge in [-0.2, -0.15) is 0 Å². The summed E-state index contributed by atoms with van der Waals surface area (Å²) in [6.07, 6.45) is 5.02. The molecular formula is C17H18FN3O2. The molecule has 0 bridgehead atoms. The summed E-state index contributed by atoms with van der Waals surface area (Å²) in [4.78, 5) is 21.9. The van der Waals surface area contributed by atoms with E-state index in [1.165, 1.54) is 12.3 Å². The van der Waals surface area contributed by atoms with Gasteiger partial charge in [-0.15, -0.1) is 0 Å². The summed E-state index contributed by atoms with van der Waals surface area (Å²) >= 11 is 0. The van der Waals surface area contributed by atoms with E-state index in [1.807, 2.05) is 4.90 Å². The van der Waals surface area contributed by atoms with Gasteiger partial charge in [0.05, 0.1) is 11.9 Å². The maximum atomic E-state index is 13.7. The molecular weight excluding hydrogens is 297 g/mol. The minimum Gasteiger partial charge on any atom is -0.434 e. The monoisotopic (exact) mass is 315 g/mol. The molecule has 2 aromatic rings. The van der Waals surface area contributed by atoms with E-state index < -0.39 is 5.82 Å². The van der Waals surface area contributed by atoms with Gasteiger partial charge in [-0.1, -0.05) is 12.1 Å². The third kappa shape index (κ3) is 3.64. The second-order valence-electron chi connectivity index (χ2n) is 5.62. The van der Waals surface area contributed by atoms with Crippen LogP contribution in [0.15, 0.2) is 36.7 Å². The first-order valence-corrected chi connectivity index (χ1v) is 7.63. The number of para-hydroxylation sites is 1. The fraction of sp³-hybridized carbons (Fsp3) is 0.353. The fourth-order valence-corrected chi connectivity index (χ4v) is 2.75. The van der Waals surface area contributed by atoms with E-state index in [0.29, 0.717) is 6.54 Å². The summed E-state index contributed by atoms with van der Waals surface area (Å²) in [7, 11) is 0. The van der Waals surface area contributed by atoms with Crippen molar-refractivity contribution in [1.82, 2.24) is 14.9 Å². The van der Waals surface area contributed by atoms with Crippen LogP contribution in [-0.2, 0) is 4.79 Å². The Morgan fingerprint density at radius 1 is 1.35 bits per heavy atom. The third-order valence-corrected chi connectivity index (χ3v) is 3.97. The number of hydrogen-bond donors (Lipinski definition) is 0. The number of hydrogen-bond acceptors (Lipinski definition) is 4. The van der Waals surface area contributed by atoms with Gasteiger partial charge < -0.3 is 9.64 Å². The van der Waals surface area contributed by atoms with Gasteiger partial charge in [0.2, 0.25) is 11.8 Å². The van der Waals surface area contributed by atoms with Gasteiger partial charge in [0.15, 0.2) is 11.6 Å². The van der Waals surface area contributed by atoms with Crippen LogP contribution in [0.2, 0.25) is 0 Å². The second kappa shape index (κ2) is 6.73. The van der Waals surface area contributed by atoms with Gasteiger partial charge >= 0.3 is 0 Å². The van der Waals surface area contributed by atoms with Crippen molar-refractivity contribution < 1.29 is 13.9 Å². The SMILES string of the molecule is CC(=O)N1CCC[C@H](c2cncc(Oc3ccccc3F)n2)C1. The summed E-state index contributed by atoms with van der Waals surface area (Å²) in [5.41, 5.74) is 0.768. The van der Waals surface area contributed by atoms with E-state index in [2.05, 4.69) is 9.97 Å². The van der Waals surface area contributed by atoms with Crippen molar-refractivity contribution in [2.24, 2.45) is 0 Å². The number of halogens is 1. The van der Waals surface area contributed by atoms with Crippen molar-refractivity contribution in [2.75, 3.05) is 13.1 Å². The van der Waals surface area contributed by atoms with Crippen LogP contribution >= 0.6 is 0 Å². The number of rotatable bonds is 3. The Morgan fingerprint density at radius 3 is 2.96 bits per heavy atom. The van der Waals surface area contributed by atoms with Crippen LogP contribution in [0.4, 0.5) is 4.39 Å². The maximum Gasteiger partial charge on any atom is 0.238 e. The molecule has 0 aliphatic carbocycles. The third-order valence-electron chi connectivity index (χ3n) is 3.97. The molecule has 0 saturated carbocycles. The Morgan fingerprint density at radius 2 is 2.17 bits per heavy atom. The number of amides is 1. The van der Waals surface area contributed by atoms with Crippen molar-refractivity contribution >= 4 is 5.91 Å². The molecule has 0 unspecified atom stereocenters. The van der Waals surface area contributed by atoms with Crippen molar-refractivity contribution in [1.29, 1.82) is 0 Å². The number of piperidine rings is 1. The Hall–Kier alpha value is -2.50. The lowest BCUT2D eigenvalue weighted by Crippen LogP contribution is -2.37. The molecule has 2 heterocycles. The molecule has 1 aliphatic rings. The molecule has 0 spiro atoms. The van der Waals surface area contributed by atoms with Crippen LogP contribution in [0.25, 0.3) is 0 Å². The highest BCUT2D eigenvalue weighted by Gasteiger charge is 2.24. The number of ether oxygens (including phenoxy) is 1.